The third-order valence-corrected chi connectivity index (χ3v) is 2.49. The molecule has 90 valence electrons. The van der Waals surface area contributed by atoms with E-state index in [9.17, 15) is 0 Å². The van der Waals surface area contributed by atoms with Gasteiger partial charge in [0.25, 0.3) is 0 Å². The predicted molar refractivity (Wildman–Crippen MR) is 67.8 cm³/mol. The number of likely N-dealkylation sites (N-methyl/N-ethyl adjacent to an activating group) is 1. The fraction of sp³-hybridized carbons (Fsp3) is 0.636. The first-order chi connectivity index (χ1) is 7.63. The zero-order chi connectivity index (χ0) is 12.0. The van der Waals surface area contributed by atoms with Crippen molar-refractivity contribution < 1.29 is 0 Å². The molecule has 0 radical (unpaired) electrons. The van der Waals surface area contributed by atoms with Gasteiger partial charge in [0.15, 0.2) is 0 Å². The van der Waals surface area contributed by atoms with Gasteiger partial charge in [-0.25, -0.2) is 9.97 Å². The quantitative estimate of drug-likeness (QED) is 0.760. The minimum atomic E-state index is 0.470. The average Bonchev–Trinajstić information content (AvgIpc) is 2.26. The van der Waals surface area contributed by atoms with E-state index in [0.29, 0.717) is 6.04 Å². The normalized spacial score (nSPS) is 12.6. The van der Waals surface area contributed by atoms with Gasteiger partial charge in [0.1, 0.15) is 18.0 Å². The fourth-order valence-corrected chi connectivity index (χ4v) is 1.17. The van der Waals surface area contributed by atoms with Gasteiger partial charge in [-0.05, 0) is 27.9 Å². The van der Waals surface area contributed by atoms with Gasteiger partial charge in [0, 0.05) is 25.2 Å². The van der Waals surface area contributed by atoms with Crippen molar-refractivity contribution in [3.8, 4) is 0 Å². The highest BCUT2D eigenvalue weighted by atomic mass is 15.1. The lowest BCUT2D eigenvalue weighted by Gasteiger charge is -2.20. The Bertz CT molecular complexity index is 313. The van der Waals surface area contributed by atoms with E-state index in [2.05, 4.69) is 46.5 Å². The Kier molecular flexibility index (Phi) is 4.98. The molecule has 0 bridgehead atoms. The molecule has 0 saturated heterocycles. The zero-order valence-electron chi connectivity index (χ0n) is 10.5. The Morgan fingerprint density at radius 1 is 1.25 bits per heavy atom. The second-order valence-corrected chi connectivity index (χ2v) is 4.01. The van der Waals surface area contributed by atoms with Gasteiger partial charge in [-0.3, -0.25) is 0 Å². The Morgan fingerprint density at radius 2 is 1.88 bits per heavy atom. The van der Waals surface area contributed by atoms with Crippen LogP contribution in [0.15, 0.2) is 12.4 Å². The number of anilines is 2. The van der Waals surface area contributed by atoms with E-state index in [1.165, 1.54) is 0 Å². The number of hydrogen-bond donors (Lipinski definition) is 2. The van der Waals surface area contributed by atoms with E-state index < -0.39 is 0 Å². The average molecular weight is 223 g/mol. The summed E-state index contributed by atoms with van der Waals surface area (Å²) in [6.45, 7) is 5.95. The third-order valence-electron chi connectivity index (χ3n) is 2.49. The summed E-state index contributed by atoms with van der Waals surface area (Å²) in [6, 6.07) is 2.39. The summed E-state index contributed by atoms with van der Waals surface area (Å²) in [5, 5.41) is 6.45. The van der Waals surface area contributed by atoms with Crippen LogP contribution in [0.3, 0.4) is 0 Å². The molecule has 0 aromatic carbocycles. The molecular weight excluding hydrogens is 202 g/mol. The molecule has 0 spiro atoms. The molecule has 16 heavy (non-hydrogen) atoms. The molecule has 1 rings (SSSR count). The van der Waals surface area contributed by atoms with Crippen molar-refractivity contribution in [2.24, 2.45) is 0 Å². The van der Waals surface area contributed by atoms with E-state index >= 15 is 0 Å². The highest BCUT2D eigenvalue weighted by Gasteiger charge is 2.04. The van der Waals surface area contributed by atoms with Crippen LogP contribution in [0, 0.1) is 0 Å². The van der Waals surface area contributed by atoms with Gasteiger partial charge in [-0.15, -0.1) is 0 Å². The summed E-state index contributed by atoms with van der Waals surface area (Å²) in [5.41, 5.74) is 0. The Hall–Kier alpha value is -1.36. The Labute approximate surface area is 97.3 Å². The maximum absolute atomic E-state index is 4.17. The third kappa shape index (κ3) is 4.02. The van der Waals surface area contributed by atoms with Gasteiger partial charge < -0.3 is 15.5 Å². The highest BCUT2D eigenvalue weighted by molar-refractivity contribution is 5.46. The van der Waals surface area contributed by atoms with Crippen molar-refractivity contribution in [2.45, 2.75) is 19.9 Å². The number of nitrogens with zero attached hydrogens (tertiary/aromatic N) is 3. The summed E-state index contributed by atoms with van der Waals surface area (Å²) >= 11 is 0. The summed E-state index contributed by atoms with van der Waals surface area (Å²) in [6.07, 6.45) is 1.57. The molecule has 5 nitrogen and oxygen atoms in total. The van der Waals surface area contributed by atoms with Gasteiger partial charge in [-0.1, -0.05) is 0 Å². The molecule has 1 aromatic rings. The van der Waals surface area contributed by atoms with Crippen LogP contribution in [0.25, 0.3) is 0 Å². The lowest BCUT2D eigenvalue weighted by atomic mass is 10.3. The molecule has 0 saturated carbocycles. The first-order valence-corrected chi connectivity index (χ1v) is 5.59. The van der Waals surface area contributed by atoms with Crippen molar-refractivity contribution in [3.05, 3.63) is 12.4 Å². The molecule has 1 aromatic heterocycles. The second kappa shape index (κ2) is 6.27. The fourth-order valence-electron chi connectivity index (χ4n) is 1.17. The van der Waals surface area contributed by atoms with Gasteiger partial charge in [0.2, 0.25) is 0 Å². The molecule has 1 unspecified atom stereocenters. The number of nitrogens with one attached hydrogen (secondary N) is 2. The zero-order valence-corrected chi connectivity index (χ0v) is 10.5. The van der Waals surface area contributed by atoms with Crippen molar-refractivity contribution in [1.29, 1.82) is 0 Å². The Morgan fingerprint density at radius 3 is 2.44 bits per heavy atom. The predicted octanol–water partition coefficient (Wildman–Crippen LogP) is 1.27. The van der Waals surface area contributed by atoms with Crippen LogP contribution in [0.4, 0.5) is 11.6 Å². The molecule has 0 aliphatic rings. The lowest BCUT2D eigenvalue weighted by molar-refractivity contribution is 0.326. The molecule has 0 fully saturated rings. The van der Waals surface area contributed by atoms with Crippen LogP contribution in [-0.2, 0) is 0 Å². The second-order valence-electron chi connectivity index (χ2n) is 4.01. The van der Waals surface area contributed by atoms with Crippen LogP contribution in [-0.4, -0.2) is 48.1 Å². The van der Waals surface area contributed by atoms with Gasteiger partial charge in [0.05, 0.1) is 0 Å². The molecule has 2 N–H and O–H groups in total. The maximum Gasteiger partial charge on any atom is 0.131 e. The van der Waals surface area contributed by atoms with Crippen molar-refractivity contribution in [1.82, 2.24) is 14.9 Å². The summed E-state index contributed by atoms with van der Waals surface area (Å²) in [5.74, 6) is 1.72. The molecule has 0 aliphatic carbocycles. The molecule has 1 heterocycles. The minimum Gasteiger partial charge on any atom is -0.370 e. The number of hydrogen-bond acceptors (Lipinski definition) is 5. The van der Waals surface area contributed by atoms with E-state index in [4.69, 9.17) is 0 Å². The first kappa shape index (κ1) is 12.7. The summed E-state index contributed by atoms with van der Waals surface area (Å²) < 4.78 is 0. The molecule has 0 amide bonds. The maximum atomic E-state index is 4.17. The molecule has 0 aliphatic heterocycles. The summed E-state index contributed by atoms with van der Waals surface area (Å²) in [7, 11) is 4.13. The van der Waals surface area contributed by atoms with E-state index in [1.54, 1.807) is 6.33 Å². The number of aromatic nitrogens is 2. The van der Waals surface area contributed by atoms with Crippen LogP contribution in [0.1, 0.15) is 13.8 Å². The summed E-state index contributed by atoms with van der Waals surface area (Å²) in [4.78, 5) is 10.5. The molecule has 1 atom stereocenters. The SMILES string of the molecule is CCNc1cc(NCC(C)N(C)C)ncn1. The highest BCUT2D eigenvalue weighted by Crippen LogP contribution is 2.08. The van der Waals surface area contributed by atoms with Crippen LogP contribution >= 0.6 is 0 Å². The monoisotopic (exact) mass is 223 g/mol. The van der Waals surface area contributed by atoms with Crippen LogP contribution in [0.5, 0.6) is 0 Å². The van der Waals surface area contributed by atoms with Crippen molar-refractivity contribution >= 4 is 11.6 Å². The first-order valence-electron chi connectivity index (χ1n) is 5.59. The van der Waals surface area contributed by atoms with E-state index in [1.807, 2.05) is 13.0 Å². The topological polar surface area (TPSA) is 53.1 Å². The molecular formula is C11H21N5. The van der Waals surface area contributed by atoms with E-state index in [0.717, 1.165) is 24.7 Å². The minimum absolute atomic E-state index is 0.470. The smallest absolute Gasteiger partial charge is 0.131 e. The van der Waals surface area contributed by atoms with E-state index in [-0.39, 0.29) is 0 Å². The molecule has 5 heteroatoms. The largest absolute Gasteiger partial charge is 0.370 e. The van der Waals surface area contributed by atoms with Crippen molar-refractivity contribution in [3.63, 3.8) is 0 Å². The van der Waals surface area contributed by atoms with Crippen LogP contribution < -0.4 is 10.6 Å². The van der Waals surface area contributed by atoms with Gasteiger partial charge >= 0.3 is 0 Å². The lowest BCUT2D eigenvalue weighted by Crippen LogP contribution is -2.31. The number of rotatable bonds is 6. The Balaban J connectivity index is 2.50. The van der Waals surface area contributed by atoms with Crippen molar-refractivity contribution in [2.75, 3.05) is 37.8 Å². The standard InChI is InChI=1S/C11H21N5/c1-5-12-10-6-11(15-8-14-10)13-7-9(2)16(3)4/h6,8-9H,5,7H2,1-4H3,(H2,12,13,14,15). The van der Waals surface area contributed by atoms with Gasteiger partial charge in [-0.2, -0.15) is 0 Å². The van der Waals surface area contributed by atoms with Crippen LogP contribution in [0.2, 0.25) is 0 Å².